The predicted molar refractivity (Wildman–Crippen MR) is 148 cm³/mol. The van der Waals surface area contributed by atoms with Gasteiger partial charge in [0.25, 0.3) is 0 Å². The Bertz CT molecular complexity index is 1380. The van der Waals surface area contributed by atoms with E-state index in [-0.39, 0.29) is 19.9 Å². The van der Waals surface area contributed by atoms with Gasteiger partial charge in [-0.15, -0.1) is 0 Å². The second-order valence-corrected chi connectivity index (χ2v) is 12.8. The molecule has 0 N–H and O–H groups in total. The van der Waals surface area contributed by atoms with Gasteiger partial charge >= 0.3 is 223 Å². The van der Waals surface area contributed by atoms with Crippen molar-refractivity contribution >= 4 is 51.6 Å². The van der Waals surface area contributed by atoms with Crippen LogP contribution < -0.4 is 4.46 Å². The van der Waals surface area contributed by atoms with Crippen molar-refractivity contribution in [3.05, 3.63) is 130 Å². The van der Waals surface area contributed by atoms with Gasteiger partial charge in [-0.3, -0.25) is 0 Å². The molecule has 1 unspecified atom stereocenters. The summed E-state index contributed by atoms with van der Waals surface area (Å²) >= 11 is 3.64. The zero-order chi connectivity index (χ0) is 24.7. The molecular weight excluding hydrogens is 587 g/mol. The van der Waals surface area contributed by atoms with Gasteiger partial charge < -0.3 is 0 Å². The Hall–Kier alpha value is -2.70. The second kappa shape index (κ2) is 11.8. The molecule has 0 aliphatic carbocycles. The zero-order valence-corrected chi connectivity index (χ0v) is 23.3. The molecule has 0 aliphatic heterocycles. The van der Waals surface area contributed by atoms with Crippen LogP contribution in [0.3, 0.4) is 0 Å². The van der Waals surface area contributed by atoms with Gasteiger partial charge in [-0.2, -0.15) is 0 Å². The van der Waals surface area contributed by atoms with E-state index in [9.17, 15) is 8.42 Å². The van der Waals surface area contributed by atoms with Crippen molar-refractivity contribution in [2.45, 2.75) is 23.2 Å². The fourth-order valence-corrected chi connectivity index (χ4v) is 8.18. The molecule has 0 aromatic heterocycles. The molecule has 0 heterocycles. The van der Waals surface area contributed by atoms with Crippen molar-refractivity contribution in [3.63, 3.8) is 0 Å². The van der Waals surface area contributed by atoms with E-state index in [2.05, 4.69) is 27.1 Å². The normalized spacial score (nSPS) is 12.5. The monoisotopic (exact) mass is 612 g/mol. The van der Waals surface area contributed by atoms with Crippen molar-refractivity contribution < 1.29 is 8.42 Å². The molecule has 35 heavy (non-hydrogen) atoms. The van der Waals surface area contributed by atoms with Crippen molar-refractivity contribution in [1.82, 2.24) is 4.41 Å². The SMILES string of the molecule is Cc1ccc(S(=O)(=O)N(N=Cc2ccccc2)C(C[Se]c2ccccc2Br)c2ccccc2)cc1. The van der Waals surface area contributed by atoms with Crippen LogP contribution in [0.25, 0.3) is 0 Å². The van der Waals surface area contributed by atoms with Crippen molar-refractivity contribution in [3.8, 4) is 0 Å². The molecule has 0 saturated heterocycles. The Morgan fingerprint density at radius 3 is 2.11 bits per heavy atom. The van der Waals surface area contributed by atoms with Gasteiger partial charge in [0, 0.05) is 0 Å². The van der Waals surface area contributed by atoms with E-state index in [0.29, 0.717) is 5.32 Å². The second-order valence-electron chi connectivity index (χ2n) is 7.91. The van der Waals surface area contributed by atoms with E-state index in [0.717, 1.165) is 21.2 Å². The summed E-state index contributed by atoms with van der Waals surface area (Å²) in [7, 11) is -3.92. The van der Waals surface area contributed by atoms with Gasteiger partial charge in [-0.25, -0.2) is 0 Å². The molecular formula is C28H25BrN2O2SSe. The minimum atomic E-state index is -3.92. The van der Waals surface area contributed by atoms with Gasteiger partial charge in [0.1, 0.15) is 0 Å². The number of rotatable bonds is 9. The fraction of sp³-hybridized carbons (Fsp3) is 0.107. The van der Waals surface area contributed by atoms with Crippen LogP contribution in [0.4, 0.5) is 0 Å². The summed E-state index contributed by atoms with van der Waals surface area (Å²) in [5.74, 6) is 0. The number of aryl methyl sites for hydroxylation is 1. The zero-order valence-electron chi connectivity index (χ0n) is 19.2. The third-order valence-electron chi connectivity index (χ3n) is 5.37. The number of benzene rings is 4. The molecule has 4 aromatic carbocycles. The Labute approximate surface area is 222 Å². The Morgan fingerprint density at radius 1 is 0.857 bits per heavy atom. The van der Waals surface area contributed by atoms with Crippen molar-refractivity contribution in [2.75, 3.05) is 0 Å². The van der Waals surface area contributed by atoms with Gasteiger partial charge in [0.15, 0.2) is 0 Å². The van der Waals surface area contributed by atoms with Gasteiger partial charge in [0.05, 0.1) is 0 Å². The third kappa shape index (κ3) is 6.50. The van der Waals surface area contributed by atoms with E-state index in [1.165, 1.54) is 8.88 Å². The standard InChI is InChI=1S/C28H25BrN2O2SSe/c1-22-16-18-25(19-17-22)34(32,33)31(30-20-23-10-4-2-5-11-23)27(24-12-6-3-7-13-24)21-35-28-15-9-8-14-26(28)29/h2-20,27H,21H2,1H3. The van der Waals surface area contributed by atoms with E-state index < -0.39 is 16.1 Å². The number of sulfonamides is 1. The number of hydrazone groups is 1. The van der Waals surface area contributed by atoms with Crippen molar-refractivity contribution in [2.24, 2.45) is 5.10 Å². The molecule has 4 rings (SSSR count). The molecule has 0 fully saturated rings. The molecule has 178 valence electrons. The summed E-state index contributed by atoms with van der Waals surface area (Å²) < 4.78 is 31.4. The molecule has 0 amide bonds. The van der Waals surface area contributed by atoms with Crippen LogP contribution in [-0.4, -0.2) is 34.0 Å². The molecule has 4 aromatic rings. The first-order valence-corrected chi connectivity index (χ1v) is 15.4. The Kier molecular flexibility index (Phi) is 8.58. The quantitative estimate of drug-likeness (QED) is 0.133. The van der Waals surface area contributed by atoms with E-state index >= 15 is 0 Å². The molecule has 0 radical (unpaired) electrons. The topological polar surface area (TPSA) is 49.7 Å². The maximum atomic E-state index is 14.0. The summed E-state index contributed by atoms with van der Waals surface area (Å²) in [6.07, 6.45) is 1.62. The van der Waals surface area contributed by atoms with Gasteiger partial charge in [0.2, 0.25) is 0 Å². The van der Waals surface area contributed by atoms with Crippen LogP contribution in [0.2, 0.25) is 5.32 Å². The summed E-state index contributed by atoms with van der Waals surface area (Å²) in [5.41, 5.74) is 2.74. The minimum absolute atomic E-state index is 0.00388. The van der Waals surface area contributed by atoms with Crippen molar-refractivity contribution in [1.29, 1.82) is 0 Å². The molecule has 7 heteroatoms. The van der Waals surface area contributed by atoms with Crippen LogP contribution in [-0.2, 0) is 10.0 Å². The predicted octanol–water partition coefficient (Wildman–Crippen LogP) is 5.97. The van der Waals surface area contributed by atoms with Crippen LogP contribution in [0.5, 0.6) is 0 Å². The Balaban J connectivity index is 1.79. The summed E-state index contributed by atoms with van der Waals surface area (Å²) in [4.78, 5) is 0.225. The van der Waals surface area contributed by atoms with Gasteiger partial charge in [-0.1, -0.05) is 0 Å². The van der Waals surface area contributed by atoms with Gasteiger partial charge in [-0.05, 0) is 0 Å². The average molecular weight is 612 g/mol. The summed E-state index contributed by atoms with van der Waals surface area (Å²) in [6.45, 7) is 1.94. The average Bonchev–Trinajstić information content (AvgIpc) is 2.88. The number of hydrogen-bond acceptors (Lipinski definition) is 3. The molecule has 0 bridgehead atoms. The van der Waals surface area contributed by atoms with E-state index in [1.807, 2.05) is 97.9 Å². The van der Waals surface area contributed by atoms with Crippen LogP contribution in [0.1, 0.15) is 22.7 Å². The number of halogens is 1. The van der Waals surface area contributed by atoms with Crippen LogP contribution >= 0.6 is 15.9 Å². The van der Waals surface area contributed by atoms with Crippen LogP contribution in [0.15, 0.2) is 124 Å². The third-order valence-corrected chi connectivity index (χ3v) is 10.8. The van der Waals surface area contributed by atoms with E-state index in [1.54, 1.807) is 18.3 Å². The number of nitrogens with zero attached hydrogens (tertiary/aromatic N) is 2. The molecule has 0 aliphatic rings. The molecule has 1 atom stereocenters. The maximum absolute atomic E-state index is 14.0. The van der Waals surface area contributed by atoms with E-state index in [4.69, 9.17) is 0 Å². The van der Waals surface area contributed by atoms with Crippen LogP contribution in [0, 0.1) is 6.92 Å². The first-order chi connectivity index (χ1) is 16.9. The molecule has 0 spiro atoms. The molecule has 0 saturated carbocycles. The first-order valence-electron chi connectivity index (χ1n) is 11.1. The summed E-state index contributed by atoms with van der Waals surface area (Å²) in [6, 6.07) is 33.8. The molecule has 4 nitrogen and oxygen atoms in total. The first kappa shape index (κ1) is 25.4. The number of hydrogen-bond donors (Lipinski definition) is 0. The summed E-state index contributed by atoms with van der Waals surface area (Å²) in [5, 5.41) is 5.22. The Morgan fingerprint density at radius 2 is 1.46 bits per heavy atom. The fourth-order valence-electron chi connectivity index (χ4n) is 3.48.